The molecule has 1 N–H and O–H groups in total. The molecule has 0 amide bonds. The third kappa shape index (κ3) is 3.61. The quantitative estimate of drug-likeness (QED) is 0.515. The first-order valence-electron chi connectivity index (χ1n) is 6.18. The van der Waals surface area contributed by atoms with Gasteiger partial charge in [-0.1, -0.05) is 24.3 Å². The van der Waals surface area contributed by atoms with Gasteiger partial charge in [-0.05, 0) is 24.6 Å². The normalized spacial score (nSPS) is 10.3. The summed E-state index contributed by atoms with van der Waals surface area (Å²) in [4.78, 5) is 22.4. The molecule has 2 aromatic carbocycles. The molecule has 0 atom stereocenters. The predicted octanol–water partition coefficient (Wildman–Crippen LogP) is 3.89. The fraction of sp³-hybridized carbons (Fsp3) is 0.133. The number of thioether (sulfide) groups is 1. The van der Waals surface area contributed by atoms with E-state index in [4.69, 9.17) is 5.11 Å². The summed E-state index contributed by atoms with van der Waals surface area (Å²) in [5, 5.41) is 20.0. The van der Waals surface area contributed by atoms with E-state index in [1.165, 1.54) is 17.8 Å². The summed E-state index contributed by atoms with van der Waals surface area (Å²) in [6, 6.07) is 11.7. The third-order valence-electron chi connectivity index (χ3n) is 3.02. The number of nitrogens with zero attached hydrogens (tertiary/aromatic N) is 1. The highest BCUT2D eigenvalue weighted by Gasteiger charge is 2.13. The molecule has 0 unspecified atom stereocenters. The molecule has 0 saturated heterocycles. The van der Waals surface area contributed by atoms with Crippen LogP contribution >= 0.6 is 11.8 Å². The molecule has 0 spiro atoms. The zero-order valence-electron chi connectivity index (χ0n) is 11.3. The number of carbonyl (C=O) groups is 1. The molecule has 0 aliphatic rings. The van der Waals surface area contributed by atoms with Crippen molar-refractivity contribution < 1.29 is 14.8 Å². The summed E-state index contributed by atoms with van der Waals surface area (Å²) in [6.07, 6.45) is 0. The van der Waals surface area contributed by atoms with Crippen LogP contribution in [0.4, 0.5) is 5.69 Å². The number of aromatic carboxylic acids is 1. The van der Waals surface area contributed by atoms with E-state index < -0.39 is 10.9 Å². The second-order valence-electron chi connectivity index (χ2n) is 4.46. The minimum atomic E-state index is -0.972. The predicted molar refractivity (Wildman–Crippen MR) is 80.8 cm³/mol. The molecule has 0 fully saturated rings. The van der Waals surface area contributed by atoms with Gasteiger partial charge in [-0.3, -0.25) is 10.1 Å². The average molecular weight is 303 g/mol. The number of carboxylic acids is 1. The van der Waals surface area contributed by atoms with Gasteiger partial charge in [0.05, 0.1) is 10.5 Å². The van der Waals surface area contributed by atoms with Crippen molar-refractivity contribution in [3.05, 3.63) is 69.3 Å². The van der Waals surface area contributed by atoms with Crippen molar-refractivity contribution in [2.45, 2.75) is 17.6 Å². The van der Waals surface area contributed by atoms with Gasteiger partial charge in [-0.25, -0.2) is 4.79 Å². The first kappa shape index (κ1) is 15.1. The minimum absolute atomic E-state index is 0.0792. The van der Waals surface area contributed by atoms with Crippen molar-refractivity contribution in [3.8, 4) is 0 Å². The Labute approximate surface area is 125 Å². The lowest BCUT2D eigenvalue weighted by Crippen LogP contribution is -1.99. The Morgan fingerprint density at radius 2 is 2.00 bits per heavy atom. The van der Waals surface area contributed by atoms with Crippen molar-refractivity contribution in [3.63, 3.8) is 0 Å². The van der Waals surface area contributed by atoms with Crippen molar-refractivity contribution >= 4 is 23.4 Å². The van der Waals surface area contributed by atoms with Crippen LogP contribution in [-0.4, -0.2) is 16.0 Å². The van der Waals surface area contributed by atoms with E-state index in [1.807, 2.05) is 6.07 Å². The molecular formula is C15H13NO4S. The number of nitro benzene ring substituents is 1. The molecule has 0 aliphatic heterocycles. The molecule has 6 heteroatoms. The first-order chi connectivity index (χ1) is 9.99. The van der Waals surface area contributed by atoms with E-state index in [0.717, 1.165) is 4.90 Å². The lowest BCUT2D eigenvalue weighted by molar-refractivity contribution is -0.385. The van der Waals surface area contributed by atoms with E-state index in [9.17, 15) is 14.9 Å². The number of para-hydroxylation sites is 1. The Morgan fingerprint density at radius 3 is 2.67 bits per heavy atom. The van der Waals surface area contributed by atoms with Crippen molar-refractivity contribution in [2.75, 3.05) is 0 Å². The number of aryl methyl sites for hydroxylation is 1. The van der Waals surface area contributed by atoms with E-state index in [0.29, 0.717) is 16.9 Å². The number of hydrogen-bond donors (Lipinski definition) is 1. The van der Waals surface area contributed by atoms with Crippen LogP contribution in [0.3, 0.4) is 0 Å². The molecule has 0 saturated carbocycles. The van der Waals surface area contributed by atoms with Crippen molar-refractivity contribution in [1.82, 2.24) is 0 Å². The smallest absolute Gasteiger partial charge is 0.335 e. The lowest BCUT2D eigenvalue weighted by atomic mass is 10.1. The van der Waals surface area contributed by atoms with Crippen molar-refractivity contribution in [2.24, 2.45) is 0 Å². The molecule has 0 aromatic heterocycles. The fourth-order valence-corrected chi connectivity index (χ4v) is 2.83. The Hall–Kier alpha value is -2.34. The highest BCUT2D eigenvalue weighted by atomic mass is 32.2. The Kier molecular flexibility index (Phi) is 4.59. The molecule has 108 valence electrons. The van der Waals surface area contributed by atoms with Crippen LogP contribution in [0.15, 0.2) is 47.4 Å². The van der Waals surface area contributed by atoms with E-state index in [-0.39, 0.29) is 11.3 Å². The van der Waals surface area contributed by atoms with E-state index >= 15 is 0 Å². The molecule has 0 aliphatic carbocycles. The molecule has 5 nitrogen and oxygen atoms in total. The summed E-state index contributed by atoms with van der Waals surface area (Å²) >= 11 is 1.38. The maximum absolute atomic E-state index is 11.1. The Balaban J connectivity index is 2.19. The summed E-state index contributed by atoms with van der Waals surface area (Å²) in [7, 11) is 0. The Bertz CT molecular complexity index is 700. The maximum Gasteiger partial charge on any atom is 0.335 e. The highest BCUT2D eigenvalue weighted by Crippen LogP contribution is 2.29. The van der Waals surface area contributed by atoms with Gasteiger partial charge in [0, 0.05) is 22.3 Å². The van der Waals surface area contributed by atoms with E-state index in [1.54, 1.807) is 37.3 Å². The van der Waals surface area contributed by atoms with Gasteiger partial charge in [-0.2, -0.15) is 0 Å². The van der Waals surface area contributed by atoms with Gasteiger partial charge in [0.1, 0.15) is 0 Å². The summed E-state index contributed by atoms with van der Waals surface area (Å²) in [5.74, 6) is -0.556. The molecule has 2 rings (SSSR count). The van der Waals surface area contributed by atoms with Gasteiger partial charge < -0.3 is 5.11 Å². The highest BCUT2D eigenvalue weighted by molar-refractivity contribution is 7.98. The number of nitro groups is 1. The molecular weight excluding hydrogens is 290 g/mol. The zero-order valence-corrected chi connectivity index (χ0v) is 12.1. The third-order valence-corrected chi connectivity index (χ3v) is 4.06. The minimum Gasteiger partial charge on any atom is -0.478 e. The molecule has 0 heterocycles. The van der Waals surface area contributed by atoms with Crippen LogP contribution in [0.25, 0.3) is 0 Å². The van der Waals surface area contributed by atoms with Crippen LogP contribution in [0.5, 0.6) is 0 Å². The second-order valence-corrected chi connectivity index (χ2v) is 5.51. The number of rotatable bonds is 5. The van der Waals surface area contributed by atoms with Crippen LogP contribution in [-0.2, 0) is 5.75 Å². The molecule has 21 heavy (non-hydrogen) atoms. The monoisotopic (exact) mass is 303 g/mol. The Morgan fingerprint density at radius 1 is 1.29 bits per heavy atom. The SMILES string of the molecule is Cc1ccc(SCc2ccccc2[N+](=O)[O-])cc1C(=O)O. The largest absolute Gasteiger partial charge is 0.478 e. The van der Waals surface area contributed by atoms with Crippen LogP contribution in [0, 0.1) is 17.0 Å². The van der Waals surface area contributed by atoms with E-state index in [2.05, 4.69) is 0 Å². The van der Waals surface area contributed by atoms with Gasteiger partial charge >= 0.3 is 5.97 Å². The maximum atomic E-state index is 11.1. The van der Waals surface area contributed by atoms with Crippen molar-refractivity contribution in [1.29, 1.82) is 0 Å². The fourth-order valence-electron chi connectivity index (χ4n) is 1.89. The van der Waals surface area contributed by atoms with Crippen LogP contribution in [0.2, 0.25) is 0 Å². The average Bonchev–Trinajstić information content (AvgIpc) is 2.46. The standard InChI is InChI=1S/C15H13NO4S/c1-10-6-7-12(8-13(10)15(17)18)21-9-11-4-2-3-5-14(11)16(19)20/h2-8H,9H2,1H3,(H,17,18). The van der Waals surface area contributed by atoms with Gasteiger partial charge in [-0.15, -0.1) is 11.8 Å². The topological polar surface area (TPSA) is 80.4 Å². The summed E-state index contributed by atoms with van der Waals surface area (Å²) < 4.78 is 0. The molecule has 0 radical (unpaired) electrons. The molecule has 2 aromatic rings. The second kappa shape index (κ2) is 6.41. The summed E-state index contributed by atoms with van der Waals surface area (Å²) in [6.45, 7) is 1.74. The number of hydrogen-bond acceptors (Lipinski definition) is 4. The van der Waals surface area contributed by atoms with Gasteiger partial charge in [0.2, 0.25) is 0 Å². The van der Waals surface area contributed by atoms with Gasteiger partial charge in [0.15, 0.2) is 0 Å². The van der Waals surface area contributed by atoms with Gasteiger partial charge in [0.25, 0.3) is 5.69 Å². The number of benzene rings is 2. The first-order valence-corrected chi connectivity index (χ1v) is 7.16. The van der Waals surface area contributed by atoms with Crippen LogP contribution in [0.1, 0.15) is 21.5 Å². The number of carboxylic acid groups (broad SMARTS) is 1. The van der Waals surface area contributed by atoms with Crippen LogP contribution < -0.4 is 0 Å². The summed E-state index contributed by atoms with van der Waals surface area (Å²) in [5.41, 5.74) is 1.64. The lowest BCUT2D eigenvalue weighted by Gasteiger charge is -2.06. The molecule has 0 bridgehead atoms. The zero-order chi connectivity index (χ0) is 15.4.